The molecule has 62 valence electrons. The van der Waals surface area contributed by atoms with E-state index in [9.17, 15) is 0 Å². The summed E-state index contributed by atoms with van der Waals surface area (Å²) in [4.78, 5) is 3.37. The molecule has 0 aliphatic rings. The summed E-state index contributed by atoms with van der Waals surface area (Å²) in [6.07, 6.45) is 0. The van der Waals surface area contributed by atoms with E-state index in [0.29, 0.717) is 10.0 Å². The van der Waals surface area contributed by atoms with Gasteiger partial charge in [-0.15, -0.1) is 0 Å². The van der Waals surface area contributed by atoms with Crippen LogP contribution in [0.1, 0.15) is 18.5 Å². The molecule has 1 nitrogen and oxygen atoms in total. The van der Waals surface area contributed by atoms with Crippen molar-refractivity contribution in [2.75, 3.05) is 0 Å². The predicted molar refractivity (Wildman–Crippen MR) is 51.5 cm³/mol. The molecule has 1 atom stereocenters. The van der Waals surface area contributed by atoms with Gasteiger partial charge < -0.3 is 4.85 Å². The largest absolute Gasteiger partial charge is 0.309 e. The van der Waals surface area contributed by atoms with Crippen LogP contribution in [0, 0.1) is 6.57 Å². The topological polar surface area (TPSA) is 4.36 Å². The Kier molecular flexibility index (Phi) is 2.97. The van der Waals surface area contributed by atoms with Crippen LogP contribution < -0.4 is 0 Å². The molecule has 0 fully saturated rings. The van der Waals surface area contributed by atoms with Crippen LogP contribution in [-0.2, 0) is 0 Å². The zero-order valence-electron chi connectivity index (χ0n) is 6.51. The van der Waals surface area contributed by atoms with Crippen molar-refractivity contribution < 1.29 is 0 Å². The van der Waals surface area contributed by atoms with Crippen LogP contribution in [0.25, 0.3) is 4.85 Å². The first-order chi connectivity index (χ1) is 5.65. The van der Waals surface area contributed by atoms with Gasteiger partial charge in [-0.05, 0) is 18.2 Å². The van der Waals surface area contributed by atoms with E-state index in [1.54, 1.807) is 18.2 Å². The molecule has 12 heavy (non-hydrogen) atoms. The molecule has 0 bridgehead atoms. The average Bonchev–Trinajstić information content (AvgIpc) is 2.03. The van der Waals surface area contributed by atoms with Crippen LogP contribution in [0.2, 0.25) is 10.0 Å². The summed E-state index contributed by atoms with van der Waals surface area (Å²) in [7, 11) is 0. The van der Waals surface area contributed by atoms with Gasteiger partial charge in [0.2, 0.25) is 6.04 Å². The normalized spacial score (nSPS) is 12.2. The molecule has 3 heteroatoms. The fourth-order valence-electron chi connectivity index (χ4n) is 0.910. The van der Waals surface area contributed by atoms with Gasteiger partial charge in [0.15, 0.2) is 0 Å². The fraction of sp³-hybridized carbons (Fsp3) is 0.222. The number of halogens is 2. The summed E-state index contributed by atoms with van der Waals surface area (Å²) < 4.78 is 0. The molecule has 0 amide bonds. The Labute approximate surface area is 81.7 Å². The van der Waals surface area contributed by atoms with Gasteiger partial charge >= 0.3 is 0 Å². The van der Waals surface area contributed by atoms with E-state index in [0.717, 1.165) is 5.56 Å². The lowest BCUT2D eigenvalue weighted by molar-refractivity contribution is 0.962. The summed E-state index contributed by atoms with van der Waals surface area (Å²) in [5.74, 6) is 0. The van der Waals surface area contributed by atoms with Crippen LogP contribution in [-0.4, -0.2) is 0 Å². The van der Waals surface area contributed by atoms with Crippen molar-refractivity contribution in [2.24, 2.45) is 0 Å². The third-order valence-electron chi connectivity index (χ3n) is 1.61. The minimum Gasteiger partial charge on any atom is -0.309 e. The van der Waals surface area contributed by atoms with E-state index in [2.05, 4.69) is 4.85 Å². The second-order valence-corrected chi connectivity index (χ2v) is 3.31. The highest BCUT2D eigenvalue weighted by Crippen LogP contribution is 2.27. The molecule has 0 heterocycles. The molecule has 0 saturated heterocycles. The van der Waals surface area contributed by atoms with Crippen molar-refractivity contribution >= 4 is 23.2 Å². The van der Waals surface area contributed by atoms with E-state index < -0.39 is 0 Å². The second-order valence-electron chi connectivity index (χ2n) is 2.47. The first-order valence-electron chi connectivity index (χ1n) is 3.46. The first-order valence-corrected chi connectivity index (χ1v) is 4.22. The number of nitrogens with zero attached hydrogens (tertiary/aromatic N) is 1. The maximum Gasteiger partial charge on any atom is 0.247 e. The van der Waals surface area contributed by atoms with Crippen molar-refractivity contribution in [3.63, 3.8) is 0 Å². The lowest BCUT2D eigenvalue weighted by Crippen LogP contribution is -1.87. The van der Waals surface area contributed by atoms with Crippen molar-refractivity contribution in [1.29, 1.82) is 0 Å². The Morgan fingerprint density at radius 3 is 2.58 bits per heavy atom. The summed E-state index contributed by atoms with van der Waals surface area (Å²) in [6.45, 7) is 8.64. The van der Waals surface area contributed by atoms with Crippen LogP contribution in [0.4, 0.5) is 0 Å². The van der Waals surface area contributed by atoms with Gasteiger partial charge in [0.05, 0.1) is 10.6 Å². The summed E-state index contributed by atoms with van der Waals surface area (Å²) in [6, 6.07) is 4.98. The Hall–Kier alpha value is -0.710. The van der Waals surface area contributed by atoms with Crippen molar-refractivity contribution in [3.05, 3.63) is 45.2 Å². The van der Waals surface area contributed by atoms with Gasteiger partial charge in [-0.25, -0.2) is 6.57 Å². The fourth-order valence-corrected chi connectivity index (χ4v) is 1.48. The highest BCUT2D eigenvalue weighted by molar-refractivity contribution is 6.35. The Bertz CT molecular complexity index is 328. The highest BCUT2D eigenvalue weighted by atomic mass is 35.5. The van der Waals surface area contributed by atoms with E-state index >= 15 is 0 Å². The highest BCUT2D eigenvalue weighted by Gasteiger charge is 2.12. The quantitative estimate of drug-likeness (QED) is 0.604. The monoisotopic (exact) mass is 199 g/mol. The Balaban J connectivity index is 3.11. The molecule has 1 aromatic rings. The van der Waals surface area contributed by atoms with Crippen molar-refractivity contribution in [1.82, 2.24) is 0 Å². The van der Waals surface area contributed by atoms with Gasteiger partial charge in [-0.2, -0.15) is 0 Å². The Morgan fingerprint density at radius 1 is 1.42 bits per heavy atom. The lowest BCUT2D eigenvalue weighted by Gasteiger charge is -2.02. The number of benzene rings is 1. The lowest BCUT2D eigenvalue weighted by atomic mass is 10.1. The summed E-state index contributed by atoms with van der Waals surface area (Å²) in [5, 5.41) is 1.16. The standard InChI is InChI=1S/C9H7Cl2N/c1-6(12-2)8-4-3-7(10)5-9(8)11/h3-6H,1H3. The third kappa shape index (κ3) is 1.91. The molecular formula is C9H7Cl2N. The number of hydrogen-bond acceptors (Lipinski definition) is 0. The minimum absolute atomic E-state index is 0.199. The van der Waals surface area contributed by atoms with E-state index in [1.165, 1.54) is 0 Å². The third-order valence-corrected chi connectivity index (χ3v) is 2.17. The molecule has 0 aliphatic carbocycles. The van der Waals surface area contributed by atoms with Gasteiger partial charge in [-0.1, -0.05) is 23.2 Å². The van der Waals surface area contributed by atoms with E-state index in [-0.39, 0.29) is 6.04 Å². The molecule has 0 aromatic heterocycles. The van der Waals surface area contributed by atoms with E-state index in [1.807, 2.05) is 6.92 Å². The molecule has 0 radical (unpaired) electrons. The second kappa shape index (κ2) is 3.80. The van der Waals surface area contributed by atoms with Crippen molar-refractivity contribution in [3.8, 4) is 0 Å². The zero-order valence-corrected chi connectivity index (χ0v) is 8.02. The maximum absolute atomic E-state index is 6.83. The number of hydrogen-bond donors (Lipinski definition) is 0. The summed E-state index contributed by atoms with van der Waals surface area (Å²) in [5.41, 5.74) is 0.830. The molecule has 1 unspecified atom stereocenters. The zero-order chi connectivity index (χ0) is 9.14. The predicted octanol–water partition coefficient (Wildman–Crippen LogP) is 3.97. The first kappa shape index (κ1) is 9.38. The maximum atomic E-state index is 6.83. The smallest absolute Gasteiger partial charge is 0.247 e. The average molecular weight is 200 g/mol. The minimum atomic E-state index is -0.199. The Morgan fingerprint density at radius 2 is 2.08 bits per heavy atom. The molecule has 1 aromatic carbocycles. The molecule has 0 aliphatic heterocycles. The molecule has 0 N–H and O–H groups in total. The SMILES string of the molecule is [C-]#[N+]C(C)c1ccc(Cl)cc1Cl. The molecule has 0 saturated carbocycles. The van der Waals surface area contributed by atoms with Gasteiger partial charge in [0, 0.05) is 11.9 Å². The van der Waals surface area contributed by atoms with Gasteiger partial charge in [-0.3, -0.25) is 0 Å². The van der Waals surface area contributed by atoms with Crippen LogP contribution >= 0.6 is 23.2 Å². The van der Waals surface area contributed by atoms with Crippen LogP contribution in [0.15, 0.2) is 18.2 Å². The molecule has 1 rings (SSSR count). The van der Waals surface area contributed by atoms with Gasteiger partial charge in [0.25, 0.3) is 0 Å². The number of rotatable bonds is 1. The van der Waals surface area contributed by atoms with Crippen molar-refractivity contribution in [2.45, 2.75) is 13.0 Å². The van der Waals surface area contributed by atoms with Crippen LogP contribution in [0.5, 0.6) is 0 Å². The van der Waals surface area contributed by atoms with E-state index in [4.69, 9.17) is 29.8 Å². The molecule has 0 spiro atoms. The van der Waals surface area contributed by atoms with Crippen LogP contribution in [0.3, 0.4) is 0 Å². The molecular weight excluding hydrogens is 193 g/mol. The summed E-state index contributed by atoms with van der Waals surface area (Å²) >= 11 is 11.6. The van der Waals surface area contributed by atoms with Gasteiger partial charge in [0.1, 0.15) is 0 Å².